The normalized spacial score (nSPS) is 12.0. The standard InChI is InChI=1S/C20H18ClFN2O2/c1-12(20(25)24(2)3)26-14-5-7-17-15(8-9-23-19(17)11-14)16-6-4-13(22)10-18(16)21/h4-12H,1-3H3/t12-/m1/s1. The molecule has 0 aliphatic rings. The fourth-order valence-corrected chi connectivity index (χ4v) is 3.03. The summed E-state index contributed by atoms with van der Waals surface area (Å²) in [5.41, 5.74) is 2.28. The van der Waals surface area contributed by atoms with E-state index in [2.05, 4.69) is 4.98 Å². The Morgan fingerprint density at radius 1 is 1.15 bits per heavy atom. The number of benzene rings is 2. The minimum Gasteiger partial charge on any atom is -0.481 e. The Hall–Kier alpha value is -2.66. The first-order chi connectivity index (χ1) is 12.4. The molecule has 0 aliphatic heterocycles. The number of ether oxygens (including phenoxy) is 1. The van der Waals surface area contributed by atoms with Gasteiger partial charge in [0.1, 0.15) is 11.6 Å². The lowest BCUT2D eigenvalue weighted by Crippen LogP contribution is -2.35. The highest BCUT2D eigenvalue weighted by molar-refractivity contribution is 6.33. The molecule has 0 saturated carbocycles. The van der Waals surface area contributed by atoms with Gasteiger partial charge < -0.3 is 9.64 Å². The first-order valence-electron chi connectivity index (χ1n) is 8.09. The third kappa shape index (κ3) is 3.63. The summed E-state index contributed by atoms with van der Waals surface area (Å²) in [4.78, 5) is 17.8. The van der Waals surface area contributed by atoms with Gasteiger partial charge in [-0.2, -0.15) is 0 Å². The molecular weight excluding hydrogens is 355 g/mol. The lowest BCUT2D eigenvalue weighted by Gasteiger charge is -2.18. The van der Waals surface area contributed by atoms with Crippen molar-refractivity contribution in [2.45, 2.75) is 13.0 Å². The van der Waals surface area contributed by atoms with E-state index in [1.807, 2.05) is 12.1 Å². The van der Waals surface area contributed by atoms with Crippen molar-refractivity contribution in [3.05, 3.63) is 59.5 Å². The fraction of sp³-hybridized carbons (Fsp3) is 0.200. The van der Waals surface area contributed by atoms with Crippen LogP contribution in [0, 0.1) is 5.82 Å². The van der Waals surface area contributed by atoms with Gasteiger partial charge in [0.2, 0.25) is 0 Å². The van der Waals surface area contributed by atoms with Crippen molar-refractivity contribution in [3.63, 3.8) is 0 Å². The Morgan fingerprint density at radius 3 is 2.62 bits per heavy atom. The molecule has 0 saturated heterocycles. The van der Waals surface area contributed by atoms with E-state index < -0.39 is 6.10 Å². The van der Waals surface area contributed by atoms with Crippen molar-refractivity contribution >= 4 is 28.4 Å². The van der Waals surface area contributed by atoms with Crippen LogP contribution in [0.1, 0.15) is 6.92 Å². The third-order valence-electron chi connectivity index (χ3n) is 4.04. The Bertz CT molecular complexity index is 975. The molecule has 0 N–H and O–H groups in total. The van der Waals surface area contributed by atoms with Crippen LogP contribution in [0.5, 0.6) is 5.75 Å². The van der Waals surface area contributed by atoms with Gasteiger partial charge in [0.05, 0.1) is 10.5 Å². The topological polar surface area (TPSA) is 42.4 Å². The van der Waals surface area contributed by atoms with Gasteiger partial charge in [-0.3, -0.25) is 9.78 Å². The highest BCUT2D eigenvalue weighted by Crippen LogP contribution is 2.34. The summed E-state index contributed by atoms with van der Waals surface area (Å²) in [6.45, 7) is 1.70. The number of rotatable bonds is 4. The van der Waals surface area contributed by atoms with E-state index in [1.54, 1.807) is 45.4 Å². The van der Waals surface area contributed by atoms with E-state index >= 15 is 0 Å². The average molecular weight is 373 g/mol. The van der Waals surface area contributed by atoms with Gasteiger partial charge in [0.25, 0.3) is 5.91 Å². The van der Waals surface area contributed by atoms with Crippen LogP contribution in [-0.4, -0.2) is 36.0 Å². The van der Waals surface area contributed by atoms with Crippen LogP contribution in [0.25, 0.3) is 22.0 Å². The van der Waals surface area contributed by atoms with Crippen molar-refractivity contribution in [3.8, 4) is 16.9 Å². The van der Waals surface area contributed by atoms with Crippen molar-refractivity contribution in [1.82, 2.24) is 9.88 Å². The van der Waals surface area contributed by atoms with Crippen LogP contribution in [-0.2, 0) is 4.79 Å². The number of nitrogens with zero attached hydrogens (tertiary/aromatic N) is 2. The molecule has 1 atom stereocenters. The van der Waals surface area contributed by atoms with Crippen molar-refractivity contribution < 1.29 is 13.9 Å². The zero-order valence-electron chi connectivity index (χ0n) is 14.7. The number of hydrogen-bond donors (Lipinski definition) is 0. The Labute approximate surface area is 156 Å². The van der Waals surface area contributed by atoms with E-state index in [1.165, 1.54) is 17.0 Å². The first kappa shape index (κ1) is 18.1. The number of fused-ring (bicyclic) bond motifs is 1. The molecule has 1 aromatic heterocycles. The summed E-state index contributed by atoms with van der Waals surface area (Å²) < 4.78 is 19.1. The number of hydrogen-bond acceptors (Lipinski definition) is 3. The minimum atomic E-state index is -0.600. The van der Waals surface area contributed by atoms with Crippen LogP contribution in [0.2, 0.25) is 5.02 Å². The predicted octanol–water partition coefficient (Wildman–Crippen LogP) is 4.55. The molecule has 0 radical (unpaired) electrons. The van der Waals surface area contributed by atoms with Crippen molar-refractivity contribution in [2.24, 2.45) is 0 Å². The van der Waals surface area contributed by atoms with Crippen molar-refractivity contribution in [2.75, 3.05) is 14.1 Å². The summed E-state index contributed by atoms with van der Waals surface area (Å²) in [6, 6.07) is 11.6. The Kier molecular flexibility index (Phi) is 5.09. The first-order valence-corrected chi connectivity index (χ1v) is 8.46. The van der Waals surface area contributed by atoms with Gasteiger partial charge in [-0.05, 0) is 48.9 Å². The molecule has 6 heteroatoms. The quantitative estimate of drug-likeness (QED) is 0.674. The molecular formula is C20H18ClFN2O2. The van der Waals surface area contributed by atoms with Gasteiger partial charge in [-0.25, -0.2) is 4.39 Å². The molecule has 3 aromatic rings. The largest absolute Gasteiger partial charge is 0.481 e. The molecule has 1 heterocycles. The summed E-state index contributed by atoms with van der Waals surface area (Å²) in [5.74, 6) is 0.0484. The Balaban J connectivity index is 1.99. The highest BCUT2D eigenvalue weighted by atomic mass is 35.5. The molecule has 0 fully saturated rings. The zero-order chi connectivity index (χ0) is 18.8. The van der Waals surface area contributed by atoms with Gasteiger partial charge in [-0.15, -0.1) is 0 Å². The maximum absolute atomic E-state index is 13.3. The number of aromatic nitrogens is 1. The zero-order valence-corrected chi connectivity index (χ0v) is 15.4. The predicted molar refractivity (Wildman–Crippen MR) is 101 cm³/mol. The molecule has 2 aromatic carbocycles. The van der Waals surface area contributed by atoms with Crippen LogP contribution < -0.4 is 4.74 Å². The molecule has 134 valence electrons. The summed E-state index contributed by atoms with van der Waals surface area (Å²) in [6.07, 6.45) is 1.06. The summed E-state index contributed by atoms with van der Waals surface area (Å²) in [5, 5.41) is 1.20. The average Bonchev–Trinajstić information content (AvgIpc) is 2.60. The minimum absolute atomic E-state index is 0.120. The van der Waals surface area contributed by atoms with Gasteiger partial charge in [-0.1, -0.05) is 11.6 Å². The van der Waals surface area contributed by atoms with Gasteiger partial charge in [0.15, 0.2) is 6.10 Å². The number of amides is 1. The second-order valence-corrected chi connectivity index (χ2v) is 6.56. The van der Waals surface area contributed by atoms with E-state index in [9.17, 15) is 9.18 Å². The number of likely N-dealkylation sites (N-methyl/N-ethyl adjacent to an activating group) is 1. The highest BCUT2D eigenvalue weighted by Gasteiger charge is 2.17. The third-order valence-corrected chi connectivity index (χ3v) is 4.35. The molecule has 4 nitrogen and oxygen atoms in total. The van der Waals surface area contributed by atoms with Crippen LogP contribution in [0.4, 0.5) is 4.39 Å². The fourth-order valence-electron chi connectivity index (χ4n) is 2.76. The summed E-state index contributed by atoms with van der Waals surface area (Å²) >= 11 is 6.20. The van der Waals surface area contributed by atoms with E-state index in [0.29, 0.717) is 16.3 Å². The molecule has 0 unspecified atom stereocenters. The van der Waals surface area contributed by atoms with Crippen LogP contribution in [0.3, 0.4) is 0 Å². The van der Waals surface area contributed by atoms with Crippen LogP contribution in [0.15, 0.2) is 48.7 Å². The second-order valence-electron chi connectivity index (χ2n) is 6.15. The van der Waals surface area contributed by atoms with E-state index in [-0.39, 0.29) is 11.7 Å². The number of pyridine rings is 1. The molecule has 1 amide bonds. The lowest BCUT2D eigenvalue weighted by molar-refractivity contribution is -0.135. The van der Waals surface area contributed by atoms with Crippen molar-refractivity contribution in [1.29, 1.82) is 0 Å². The Morgan fingerprint density at radius 2 is 1.92 bits per heavy atom. The maximum atomic E-state index is 13.3. The number of carbonyl (C=O) groups excluding carboxylic acids is 1. The van der Waals surface area contributed by atoms with Crippen LogP contribution >= 0.6 is 11.6 Å². The second kappa shape index (κ2) is 7.30. The van der Waals surface area contributed by atoms with E-state index in [0.717, 1.165) is 16.5 Å². The number of halogens is 2. The van der Waals surface area contributed by atoms with Gasteiger partial charge in [0, 0.05) is 37.3 Å². The monoisotopic (exact) mass is 372 g/mol. The molecule has 0 bridgehead atoms. The SMILES string of the molecule is C[C@@H](Oc1ccc2c(-c3ccc(F)cc3Cl)ccnc2c1)C(=O)N(C)C. The molecule has 0 aliphatic carbocycles. The molecule has 0 spiro atoms. The number of carbonyl (C=O) groups is 1. The molecule has 26 heavy (non-hydrogen) atoms. The van der Waals surface area contributed by atoms with E-state index in [4.69, 9.17) is 16.3 Å². The smallest absolute Gasteiger partial charge is 0.262 e. The maximum Gasteiger partial charge on any atom is 0.262 e. The lowest BCUT2D eigenvalue weighted by atomic mass is 10.0. The van der Waals surface area contributed by atoms with Gasteiger partial charge >= 0.3 is 0 Å². The molecule has 3 rings (SSSR count). The summed E-state index contributed by atoms with van der Waals surface area (Å²) in [7, 11) is 3.37.